The van der Waals surface area contributed by atoms with E-state index in [9.17, 15) is 17.6 Å². The molecule has 1 aliphatic rings. The minimum Gasteiger partial charge on any atom is -0.444 e. The molecular weight excluding hydrogens is 593 g/mol. The summed E-state index contributed by atoms with van der Waals surface area (Å²) >= 11 is 6.22. The molecule has 1 aliphatic heterocycles. The van der Waals surface area contributed by atoms with Gasteiger partial charge in [-0.25, -0.2) is 27.6 Å². The van der Waals surface area contributed by atoms with E-state index in [0.29, 0.717) is 30.1 Å². The first kappa shape index (κ1) is 30.6. The first-order valence-corrected chi connectivity index (χ1v) is 15.9. The summed E-state index contributed by atoms with van der Waals surface area (Å²) in [7, 11) is -4.02. The zero-order valence-electron chi connectivity index (χ0n) is 24.2. The monoisotopic (exact) mass is 625 g/mol. The molecule has 0 bridgehead atoms. The molecule has 12 heteroatoms. The highest BCUT2D eigenvalue weighted by Gasteiger charge is 2.27. The Kier molecular flexibility index (Phi) is 8.84. The first-order chi connectivity index (χ1) is 20.4. The van der Waals surface area contributed by atoms with Gasteiger partial charge in [-0.05, 0) is 100 Å². The number of rotatable bonds is 7. The third-order valence-electron chi connectivity index (χ3n) is 7.11. The van der Waals surface area contributed by atoms with Gasteiger partial charge < -0.3 is 9.64 Å². The topological polar surface area (TPSA) is 114 Å². The van der Waals surface area contributed by atoms with Gasteiger partial charge in [0.1, 0.15) is 11.4 Å². The number of ether oxygens (including phenoxy) is 1. The molecule has 9 nitrogen and oxygen atoms in total. The molecule has 2 aromatic carbocycles. The van der Waals surface area contributed by atoms with E-state index in [-0.39, 0.29) is 21.8 Å². The lowest BCUT2D eigenvalue weighted by Gasteiger charge is -2.34. The molecule has 1 fully saturated rings. The number of piperidine rings is 1. The fourth-order valence-corrected chi connectivity index (χ4v) is 6.25. The maximum Gasteiger partial charge on any atom is 0.410 e. The lowest BCUT2D eigenvalue weighted by atomic mass is 9.93. The Morgan fingerprint density at radius 3 is 2.58 bits per heavy atom. The number of aryl methyl sites for hydroxylation is 1. The van der Waals surface area contributed by atoms with Crippen LogP contribution in [0.5, 0.6) is 0 Å². The highest BCUT2D eigenvalue weighted by Crippen LogP contribution is 2.30. The van der Waals surface area contributed by atoms with Gasteiger partial charge in [-0.3, -0.25) is 9.71 Å². The predicted octanol–water partition coefficient (Wildman–Crippen LogP) is 6.86. The molecule has 43 heavy (non-hydrogen) atoms. The first-order valence-electron chi connectivity index (χ1n) is 14.0. The fraction of sp³-hybridized carbons (Fsp3) is 0.355. The number of hydrogen-bond donors (Lipinski definition) is 1. The number of pyridine rings is 1. The molecule has 1 amide bonds. The quantitative estimate of drug-likeness (QED) is 0.223. The van der Waals surface area contributed by atoms with Gasteiger partial charge in [-0.1, -0.05) is 17.7 Å². The van der Waals surface area contributed by atoms with Crippen LogP contribution in [0.25, 0.3) is 22.2 Å². The van der Waals surface area contributed by atoms with Crippen LogP contribution < -0.4 is 4.72 Å². The van der Waals surface area contributed by atoms with Crippen molar-refractivity contribution in [1.29, 1.82) is 0 Å². The number of aromatic nitrogens is 3. The molecule has 0 aliphatic carbocycles. The number of anilines is 1. The standard InChI is InChI=1S/C31H33ClFN5O4S/c1-31(2,3)42-30(39)38-14-4-5-20(19-38)6-10-24-18-34-26-13-7-21(15-27(26)36-24)22-16-28(29(32)35-17-22)37-43(40,41)25-11-8-23(33)9-12-25/h7-9,11-13,15-18,20,37H,4-6,10,14,19H2,1-3H3. The van der Waals surface area contributed by atoms with E-state index in [0.717, 1.165) is 54.6 Å². The minimum absolute atomic E-state index is 0.0229. The number of likely N-dealkylation sites (tertiary alicyclic amines) is 1. The molecule has 0 radical (unpaired) electrons. The second-order valence-electron chi connectivity index (χ2n) is 11.7. The Labute approximate surface area is 255 Å². The summed E-state index contributed by atoms with van der Waals surface area (Å²) in [6.45, 7) is 6.98. The second-order valence-corrected chi connectivity index (χ2v) is 13.7. The van der Waals surface area contributed by atoms with E-state index >= 15 is 0 Å². The molecular formula is C31H33ClFN5O4S. The van der Waals surface area contributed by atoms with Crippen LogP contribution in [-0.2, 0) is 21.2 Å². The summed E-state index contributed by atoms with van der Waals surface area (Å²) in [6, 6.07) is 11.7. The lowest BCUT2D eigenvalue weighted by Crippen LogP contribution is -2.43. The summed E-state index contributed by atoms with van der Waals surface area (Å²) < 4.78 is 47.0. The van der Waals surface area contributed by atoms with E-state index in [4.69, 9.17) is 21.3 Å². The van der Waals surface area contributed by atoms with Crippen molar-refractivity contribution in [3.8, 4) is 11.1 Å². The van der Waals surface area contributed by atoms with Crippen LogP contribution in [0.1, 0.15) is 45.7 Å². The normalized spacial score (nSPS) is 15.8. The van der Waals surface area contributed by atoms with E-state index in [1.807, 2.05) is 39.0 Å². The average molecular weight is 626 g/mol. The number of benzene rings is 2. The van der Waals surface area contributed by atoms with Crippen molar-refractivity contribution < 1.29 is 22.3 Å². The second kappa shape index (κ2) is 12.4. The summed E-state index contributed by atoms with van der Waals surface area (Å²) in [5.74, 6) is -0.190. The van der Waals surface area contributed by atoms with E-state index in [1.165, 1.54) is 12.1 Å². The van der Waals surface area contributed by atoms with Crippen LogP contribution in [0.3, 0.4) is 0 Å². The van der Waals surface area contributed by atoms with Gasteiger partial charge in [0, 0.05) is 31.0 Å². The molecule has 1 atom stereocenters. The van der Waals surface area contributed by atoms with Crippen LogP contribution >= 0.6 is 11.6 Å². The molecule has 1 N–H and O–H groups in total. The molecule has 2 aromatic heterocycles. The Bertz CT molecular complexity index is 1750. The average Bonchev–Trinajstić information content (AvgIpc) is 2.96. The summed E-state index contributed by atoms with van der Waals surface area (Å²) in [5.41, 5.74) is 3.21. The summed E-state index contributed by atoms with van der Waals surface area (Å²) in [4.78, 5) is 27.8. The number of amides is 1. The lowest BCUT2D eigenvalue weighted by molar-refractivity contribution is 0.0162. The van der Waals surface area contributed by atoms with Gasteiger partial charge in [0.25, 0.3) is 10.0 Å². The largest absolute Gasteiger partial charge is 0.444 e. The number of halogens is 2. The van der Waals surface area contributed by atoms with Crippen LogP contribution in [0.4, 0.5) is 14.9 Å². The van der Waals surface area contributed by atoms with Crippen LogP contribution in [0.2, 0.25) is 5.15 Å². The molecule has 0 saturated carbocycles. The minimum atomic E-state index is -4.02. The highest BCUT2D eigenvalue weighted by atomic mass is 35.5. The Morgan fingerprint density at radius 1 is 1.07 bits per heavy atom. The Hall–Kier alpha value is -3.83. The molecule has 1 unspecified atom stereocenters. The van der Waals surface area contributed by atoms with Gasteiger partial charge in [0.05, 0.1) is 27.3 Å². The van der Waals surface area contributed by atoms with Crippen molar-refractivity contribution in [3.05, 3.63) is 77.6 Å². The van der Waals surface area contributed by atoms with Gasteiger partial charge in [0.2, 0.25) is 0 Å². The maximum atomic E-state index is 13.3. The highest BCUT2D eigenvalue weighted by molar-refractivity contribution is 7.92. The van der Waals surface area contributed by atoms with Crippen molar-refractivity contribution in [1.82, 2.24) is 19.9 Å². The number of carbonyl (C=O) groups excluding carboxylic acids is 1. The van der Waals surface area contributed by atoms with Crippen molar-refractivity contribution in [2.24, 2.45) is 5.92 Å². The van der Waals surface area contributed by atoms with Crippen molar-refractivity contribution >= 4 is 44.4 Å². The number of nitrogens with one attached hydrogen (secondary N) is 1. The maximum absolute atomic E-state index is 13.3. The molecule has 4 aromatic rings. The smallest absolute Gasteiger partial charge is 0.410 e. The zero-order chi connectivity index (χ0) is 30.8. The summed E-state index contributed by atoms with van der Waals surface area (Å²) in [6.07, 6.45) is 6.64. The van der Waals surface area contributed by atoms with Gasteiger partial charge >= 0.3 is 6.09 Å². The number of carbonyl (C=O) groups is 1. The predicted molar refractivity (Wildman–Crippen MR) is 164 cm³/mol. The number of nitrogens with zero attached hydrogens (tertiary/aromatic N) is 4. The molecule has 3 heterocycles. The molecule has 1 saturated heterocycles. The third kappa shape index (κ3) is 7.77. The Morgan fingerprint density at radius 2 is 1.84 bits per heavy atom. The van der Waals surface area contributed by atoms with Crippen LogP contribution in [-0.4, -0.2) is 53.1 Å². The van der Waals surface area contributed by atoms with Crippen LogP contribution in [0, 0.1) is 11.7 Å². The molecule has 0 spiro atoms. The zero-order valence-corrected chi connectivity index (χ0v) is 25.8. The number of fused-ring (bicyclic) bond motifs is 1. The molecule has 5 rings (SSSR count). The number of sulfonamides is 1. The van der Waals surface area contributed by atoms with Crippen LogP contribution in [0.15, 0.2) is 65.8 Å². The van der Waals surface area contributed by atoms with E-state index < -0.39 is 21.4 Å². The van der Waals surface area contributed by atoms with Crippen molar-refractivity contribution in [2.45, 2.75) is 57.0 Å². The number of hydrogen-bond acceptors (Lipinski definition) is 7. The van der Waals surface area contributed by atoms with Crippen molar-refractivity contribution in [3.63, 3.8) is 0 Å². The van der Waals surface area contributed by atoms with Gasteiger partial charge in [0.15, 0.2) is 5.15 Å². The molecule has 226 valence electrons. The van der Waals surface area contributed by atoms with Gasteiger partial charge in [-0.2, -0.15) is 0 Å². The third-order valence-corrected chi connectivity index (χ3v) is 8.79. The summed E-state index contributed by atoms with van der Waals surface area (Å²) in [5, 5.41) is -0.0229. The van der Waals surface area contributed by atoms with Crippen molar-refractivity contribution in [2.75, 3.05) is 17.8 Å². The fourth-order valence-electron chi connectivity index (χ4n) is 4.99. The van der Waals surface area contributed by atoms with E-state index in [1.54, 1.807) is 23.4 Å². The van der Waals surface area contributed by atoms with Gasteiger partial charge in [-0.15, -0.1) is 0 Å². The Balaban J connectivity index is 1.30. The SMILES string of the molecule is CC(C)(C)OC(=O)N1CCCC(CCc2cnc3ccc(-c4cnc(Cl)c(NS(=O)(=O)c5ccc(F)cc5)c4)cc3n2)C1. The van der Waals surface area contributed by atoms with E-state index in [2.05, 4.69) is 14.7 Å².